The summed E-state index contributed by atoms with van der Waals surface area (Å²) in [5, 5.41) is 0. The normalized spacial score (nSPS) is 35.3. The van der Waals surface area contributed by atoms with Crippen molar-refractivity contribution in [3.8, 4) is 0 Å². The van der Waals surface area contributed by atoms with Crippen LogP contribution in [0.15, 0.2) is 0 Å². The Kier molecular flexibility index (Phi) is 12.1. The lowest BCUT2D eigenvalue weighted by Gasteiger charge is -2.24. The minimum atomic E-state index is 0. The number of ether oxygens (including phenoxy) is 3. The topological polar surface area (TPSA) is 27.7 Å². The summed E-state index contributed by atoms with van der Waals surface area (Å²) in [6.45, 7) is 11.1. The first-order chi connectivity index (χ1) is 7.58. The van der Waals surface area contributed by atoms with Gasteiger partial charge in [0.05, 0.1) is 19.3 Å². The molecule has 0 aromatic heterocycles. The fourth-order valence-electron chi connectivity index (χ4n) is 1.71. The molecule has 2 aliphatic heterocycles. The Morgan fingerprint density at radius 1 is 0.667 bits per heavy atom. The molecule has 2 saturated heterocycles. The van der Waals surface area contributed by atoms with Crippen molar-refractivity contribution in [2.75, 3.05) is 19.8 Å². The van der Waals surface area contributed by atoms with Crippen molar-refractivity contribution in [2.24, 2.45) is 11.8 Å². The average molecular weight is 262 g/mol. The van der Waals surface area contributed by atoms with Gasteiger partial charge < -0.3 is 14.2 Å². The predicted molar refractivity (Wildman–Crippen MR) is 77.8 cm³/mol. The maximum atomic E-state index is 5.39. The van der Waals surface area contributed by atoms with E-state index in [1.54, 1.807) is 0 Å². The lowest BCUT2D eigenvalue weighted by atomic mass is 10.0. The molecule has 0 N–H and O–H groups in total. The summed E-state index contributed by atoms with van der Waals surface area (Å²) in [5.41, 5.74) is 0. The highest BCUT2D eigenvalue weighted by Gasteiger charge is 2.14. The lowest BCUT2D eigenvalue weighted by Crippen LogP contribution is -2.27. The highest BCUT2D eigenvalue weighted by atomic mass is 16.7. The summed E-state index contributed by atoms with van der Waals surface area (Å²) >= 11 is 0. The molecule has 2 fully saturated rings. The zero-order chi connectivity index (χ0) is 12.0. The largest absolute Gasteiger partial charge is 0.378 e. The summed E-state index contributed by atoms with van der Waals surface area (Å²) in [5.74, 6) is 1.37. The van der Waals surface area contributed by atoms with Crippen molar-refractivity contribution in [1.29, 1.82) is 0 Å². The van der Waals surface area contributed by atoms with Crippen molar-refractivity contribution in [2.45, 2.75) is 67.8 Å². The van der Waals surface area contributed by atoms with Gasteiger partial charge in [-0.05, 0) is 32.6 Å². The zero-order valence-corrected chi connectivity index (χ0v) is 11.1. The maximum Gasteiger partial charge on any atom is 0.154 e. The molecule has 3 heteroatoms. The van der Waals surface area contributed by atoms with Crippen molar-refractivity contribution >= 4 is 0 Å². The third-order valence-corrected chi connectivity index (χ3v) is 2.96. The van der Waals surface area contributed by atoms with Crippen LogP contribution in [-0.4, -0.2) is 32.2 Å². The van der Waals surface area contributed by atoms with Gasteiger partial charge in [-0.25, -0.2) is 0 Å². The Morgan fingerprint density at radius 2 is 1.17 bits per heavy atom. The van der Waals surface area contributed by atoms with Crippen molar-refractivity contribution in [3.63, 3.8) is 0 Å². The third-order valence-electron chi connectivity index (χ3n) is 2.96. The van der Waals surface area contributed by atoms with Gasteiger partial charge in [-0.1, -0.05) is 28.7 Å². The van der Waals surface area contributed by atoms with Crippen LogP contribution in [0.2, 0.25) is 0 Å². The van der Waals surface area contributed by atoms with Crippen LogP contribution in [0.4, 0.5) is 0 Å². The van der Waals surface area contributed by atoms with Gasteiger partial charge in [-0.3, -0.25) is 0 Å². The maximum absolute atomic E-state index is 5.39. The molecule has 0 bridgehead atoms. The van der Waals surface area contributed by atoms with Crippen molar-refractivity contribution in [1.82, 2.24) is 0 Å². The summed E-state index contributed by atoms with van der Waals surface area (Å²) in [7, 11) is 0. The number of rotatable bonds is 0. The van der Waals surface area contributed by atoms with E-state index in [1.165, 1.54) is 12.8 Å². The highest BCUT2D eigenvalue weighted by Crippen LogP contribution is 2.16. The van der Waals surface area contributed by atoms with Crippen LogP contribution in [0.5, 0.6) is 0 Å². The van der Waals surface area contributed by atoms with Gasteiger partial charge in [0.15, 0.2) is 6.29 Å². The minimum absolute atomic E-state index is 0. The van der Waals surface area contributed by atoms with E-state index in [0.717, 1.165) is 25.7 Å². The molecule has 0 amide bonds. The average Bonchev–Trinajstić information content (AvgIpc) is 2.28. The van der Waals surface area contributed by atoms with Gasteiger partial charge in [-0.15, -0.1) is 0 Å². The van der Waals surface area contributed by atoms with E-state index in [-0.39, 0.29) is 21.1 Å². The van der Waals surface area contributed by atoms with Gasteiger partial charge in [-0.2, -0.15) is 0 Å². The molecule has 3 nitrogen and oxygen atoms in total. The van der Waals surface area contributed by atoms with Crippen LogP contribution >= 0.6 is 0 Å². The molecule has 0 radical (unpaired) electrons. The van der Waals surface area contributed by atoms with Gasteiger partial charge in [0.2, 0.25) is 0 Å². The summed E-state index contributed by atoms with van der Waals surface area (Å²) in [6.07, 6.45) is 3.14. The molecule has 2 heterocycles. The quantitative estimate of drug-likeness (QED) is 0.657. The van der Waals surface area contributed by atoms with E-state index in [2.05, 4.69) is 20.8 Å². The molecular formula is C15H34O3. The first kappa shape index (κ1) is 20.2. The molecule has 0 spiro atoms. The summed E-state index contributed by atoms with van der Waals surface area (Å²) in [6, 6.07) is 0. The van der Waals surface area contributed by atoms with Crippen LogP contribution in [0.25, 0.3) is 0 Å². The Bertz CT molecular complexity index is 129. The molecule has 0 aliphatic carbocycles. The lowest BCUT2D eigenvalue weighted by molar-refractivity contribution is -0.187. The molecule has 18 heavy (non-hydrogen) atoms. The standard InChI is InChI=1S/C7H14O.C6H12O2.2CH4/c1-6-3-4-7(2)8-5-6;1-5-3-7-6(2)8-4-5;;/h6-7H,3-5H2,1-2H3;5-6H,3-4H2,1-2H3;2*1H4. The molecule has 0 aromatic carbocycles. The van der Waals surface area contributed by atoms with E-state index in [4.69, 9.17) is 14.2 Å². The van der Waals surface area contributed by atoms with Crippen molar-refractivity contribution in [3.05, 3.63) is 0 Å². The Labute approximate surface area is 114 Å². The van der Waals surface area contributed by atoms with Crippen LogP contribution in [0.3, 0.4) is 0 Å². The first-order valence-corrected chi connectivity index (χ1v) is 6.42. The molecule has 2 atom stereocenters. The Morgan fingerprint density at radius 3 is 1.50 bits per heavy atom. The second-order valence-corrected chi connectivity index (χ2v) is 5.17. The minimum Gasteiger partial charge on any atom is -0.378 e. The van der Waals surface area contributed by atoms with E-state index in [1.807, 2.05) is 6.92 Å². The summed E-state index contributed by atoms with van der Waals surface area (Å²) in [4.78, 5) is 0. The molecule has 0 saturated carbocycles. The Hall–Kier alpha value is -0.120. The van der Waals surface area contributed by atoms with E-state index < -0.39 is 0 Å². The van der Waals surface area contributed by atoms with Crippen molar-refractivity contribution < 1.29 is 14.2 Å². The van der Waals surface area contributed by atoms with Crippen LogP contribution in [0, 0.1) is 11.8 Å². The van der Waals surface area contributed by atoms with Crippen LogP contribution < -0.4 is 0 Å². The molecule has 2 rings (SSSR count). The molecule has 2 unspecified atom stereocenters. The SMILES string of the molecule is C.C.CC1CCC(C)OC1.CC1COC(C)OC1. The van der Waals surface area contributed by atoms with Crippen LogP contribution in [0.1, 0.15) is 55.4 Å². The predicted octanol–water partition coefficient (Wildman–Crippen LogP) is 4.11. The Balaban J connectivity index is 0. The second kappa shape index (κ2) is 10.8. The summed E-state index contributed by atoms with van der Waals surface area (Å²) < 4.78 is 15.7. The van der Waals surface area contributed by atoms with Crippen LogP contribution in [-0.2, 0) is 14.2 Å². The third kappa shape index (κ3) is 8.90. The monoisotopic (exact) mass is 262 g/mol. The molecule has 0 aromatic rings. The molecule has 2 aliphatic rings. The molecule has 112 valence electrons. The number of hydrogen-bond acceptors (Lipinski definition) is 3. The van der Waals surface area contributed by atoms with Gasteiger partial charge in [0.25, 0.3) is 0 Å². The highest BCUT2D eigenvalue weighted by molar-refractivity contribution is 4.62. The van der Waals surface area contributed by atoms with Gasteiger partial charge in [0, 0.05) is 12.5 Å². The van der Waals surface area contributed by atoms with Gasteiger partial charge >= 0.3 is 0 Å². The number of hydrogen-bond donors (Lipinski definition) is 0. The molecular weight excluding hydrogens is 228 g/mol. The van der Waals surface area contributed by atoms with E-state index >= 15 is 0 Å². The smallest absolute Gasteiger partial charge is 0.154 e. The fraction of sp³-hybridized carbons (Fsp3) is 1.00. The van der Waals surface area contributed by atoms with Gasteiger partial charge in [0.1, 0.15) is 0 Å². The fourth-order valence-corrected chi connectivity index (χ4v) is 1.71. The zero-order valence-electron chi connectivity index (χ0n) is 11.1. The second-order valence-electron chi connectivity index (χ2n) is 5.17. The van der Waals surface area contributed by atoms with E-state index in [0.29, 0.717) is 12.0 Å². The first-order valence-electron chi connectivity index (χ1n) is 6.42. The van der Waals surface area contributed by atoms with E-state index in [9.17, 15) is 0 Å².